The van der Waals surface area contributed by atoms with Gasteiger partial charge in [0.1, 0.15) is 0 Å². The topological polar surface area (TPSA) is 58.2 Å². The molecule has 4 saturated carbocycles. The molecule has 0 bridgehead atoms. The molecule has 0 spiro atoms. The summed E-state index contributed by atoms with van der Waals surface area (Å²) >= 11 is 0. The van der Waals surface area contributed by atoms with E-state index in [0.29, 0.717) is 11.8 Å². The first-order chi connectivity index (χ1) is 16.6. The van der Waals surface area contributed by atoms with Crippen molar-refractivity contribution in [2.24, 2.45) is 35.5 Å². The Balaban J connectivity index is 0.000000191. The zero-order valence-corrected chi connectivity index (χ0v) is 22.4. The molecule has 4 aliphatic rings. The Morgan fingerprint density at radius 2 is 0.765 bits per heavy atom. The van der Waals surface area contributed by atoms with Crippen molar-refractivity contribution in [1.82, 2.24) is 10.6 Å². The molecule has 0 atom stereocenters. The van der Waals surface area contributed by atoms with E-state index in [1.165, 1.54) is 103 Å². The highest BCUT2D eigenvalue weighted by atomic mass is 16.2. The minimum Gasteiger partial charge on any atom is -0.359 e. The first-order valence-electron chi connectivity index (χ1n) is 15.0. The predicted octanol–water partition coefficient (Wildman–Crippen LogP) is 7.02. The van der Waals surface area contributed by atoms with Crippen LogP contribution < -0.4 is 10.6 Å². The molecule has 0 heterocycles. The minimum absolute atomic E-state index is 0.265. The van der Waals surface area contributed by atoms with E-state index >= 15 is 0 Å². The molecule has 0 radical (unpaired) electrons. The van der Waals surface area contributed by atoms with Gasteiger partial charge in [-0.2, -0.15) is 0 Å². The van der Waals surface area contributed by atoms with E-state index < -0.39 is 0 Å². The normalized spacial score (nSPS) is 31.1. The molecule has 0 unspecified atom stereocenters. The Labute approximate surface area is 210 Å². The third-order valence-corrected chi connectivity index (χ3v) is 9.71. The Morgan fingerprint density at radius 3 is 1.06 bits per heavy atom. The quantitative estimate of drug-likeness (QED) is 0.434. The summed E-state index contributed by atoms with van der Waals surface area (Å²) in [5, 5.41) is 5.58. The smallest absolute Gasteiger partial charge is 0.222 e. The highest BCUT2D eigenvalue weighted by Crippen LogP contribution is 2.38. The lowest BCUT2D eigenvalue weighted by atomic mass is 9.75. The van der Waals surface area contributed by atoms with Crippen molar-refractivity contribution in [2.75, 3.05) is 14.1 Å². The van der Waals surface area contributed by atoms with Crippen LogP contribution in [-0.2, 0) is 9.59 Å². The van der Waals surface area contributed by atoms with E-state index in [4.69, 9.17) is 0 Å². The lowest BCUT2D eigenvalue weighted by molar-refractivity contribution is -0.126. The second-order valence-corrected chi connectivity index (χ2v) is 12.1. The first-order valence-corrected chi connectivity index (χ1v) is 15.0. The van der Waals surface area contributed by atoms with Crippen molar-refractivity contribution < 1.29 is 9.59 Å². The van der Waals surface area contributed by atoms with Gasteiger partial charge in [-0.05, 0) is 87.9 Å². The lowest BCUT2D eigenvalue weighted by Gasteiger charge is -2.31. The first kappa shape index (κ1) is 27.5. The van der Waals surface area contributed by atoms with E-state index in [1.54, 1.807) is 14.1 Å². The zero-order chi connectivity index (χ0) is 24.2. The molecule has 0 aromatic rings. The summed E-state index contributed by atoms with van der Waals surface area (Å²) in [5.74, 6) is 4.99. The van der Waals surface area contributed by atoms with Gasteiger partial charge in [0.05, 0.1) is 0 Å². The molecule has 2 N–H and O–H groups in total. The van der Waals surface area contributed by atoms with Crippen molar-refractivity contribution in [1.29, 1.82) is 0 Å². The summed E-state index contributed by atoms with van der Waals surface area (Å²) in [6.07, 6.45) is 27.1. The molecular weight excluding hydrogens is 420 g/mol. The van der Waals surface area contributed by atoms with Gasteiger partial charge in [0.15, 0.2) is 0 Å². The van der Waals surface area contributed by atoms with Gasteiger partial charge in [0.2, 0.25) is 11.8 Å². The maximum atomic E-state index is 11.6. The van der Waals surface area contributed by atoms with Crippen molar-refractivity contribution in [2.45, 2.75) is 128 Å². The van der Waals surface area contributed by atoms with Crippen LogP contribution in [0.1, 0.15) is 128 Å². The van der Waals surface area contributed by atoms with Gasteiger partial charge in [-0.15, -0.1) is 0 Å². The molecule has 0 saturated heterocycles. The molecule has 4 heteroatoms. The fraction of sp³-hybridized carbons (Fsp3) is 0.933. The maximum Gasteiger partial charge on any atom is 0.222 e. The minimum atomic E-state index is 0.265. The number of hydrogen-bond acceptors (Lipinski definition) is 2. The van der Waals surface area contributed by atoms with Crippen molar-refractivity contribution in [3.63, 3.8) is 0 Å². The van der Waals surface area contributed by atoms with E-state index in [1.807, 2.05) is 0 Å². The van der Waals surface area contributed by atoms with Crippen LogP contribution >= 0.6 is 0 Å². The van der Waals surface area contributed by atoms with Crippen molar-refractivity contribution in [3.8, 4) is 0 Å². The molecule has 0 aromatic carbocycles. The third-order valence-electron chi connectivity index (χ3n) is 9.71. The van der Waals surface area contributed by atoms with Crippen molar-refractivity contribution in [3.05, 3.63) is 0 Å². The zero-order valence-electron chi connectivity index (χ0n) is 22.4. The summed E-state index contributed by atoms with van der Waals surface area (Å²) in [6.45, 7) is 0. The molecule has 4 aliphatic carbocycles. The van der Waals surface area contributed by atoms with Crippen molar-refractivity contribution >= 4 is 11.8 Å². The Morgan fingerprint density at radius 1 is 0.471 bits per heavy atom. The SMILES string of the molecule is CNC(=O)C1CCC(CC2CCCCC2)CC1.CNC(=O)C1CCC(CC2CCCCC2)CC1. The number of carbonyl (C=O) groups excluding carboxylic acids is 2. The van der Waals surface area contributed by atoms with Crippen LogP contribution in [0.3, 0.4) is 0 Å². The second-order valence-electron chi connectivity index (χ2n) is 12.1. The monoisotopic (exact) mass is 474 g/mol. The van der Waals surface area contributed by atoms with Gasteiger partial charge in [-0.3, -0.25) is 9.59 Å². The van der Waals surface area contributed by atoms with Gasteiger partial charge in [-0.1, -0.05) is 64.2 Å². The van der Waals surface area contributed by atoms with Crippen LogP contribution in [0.4, 0.5) is 0 Å². The van der Waals surface area contributed by atoms with Crippen LogP contribution in [0.15, 0.2) is 0 Å². The highest BCUT2D eigenvalue weighted by Gasteiger charge is 2.28. The van der Waals surface area contributed by atoms with Crippen LogP contribution in [0.25, 0.3) is 0 Å². The van der Waals surface area contributed by atoms with Crippen LogP contribution in [0.2, 0.25) is 0 Å². The molecule has 2 amide bonds. The average molecular weight is 475 g/mol. The molecule has 4 fully saturated rings. The fourth-order valence-electron chi connectivity index (χ4n) is 7.52. The molecule has 34 heavy (non-hydrogen) atoms. The molecule has 0 aromatic heterocycles. The second kappa shape index (κ2) is 15.1. The lowest BCUT2D eigenvalue weighted by Crippen LogP contribution is -2.31. The van der Waals surface area contributed by atoms with Crippen LogP contribution in [-0.4, -0.2) is 25.9 Å². The number of rotatable bonds is 6. The summed E-state index contributed by atoms with van der Waals surface area (Å²) in [6, 6.07) is 0. The van der Waals surface area contributed by atoms with Gasteiger partial charge in [0.25, 0.3) is 0 Å². The molecular formula is C30H54N2O2. The Bertz CT molecular complexity index is 527. The van der Waals surface area contributed by atoms with Gasteiger partial charge in [0, 0.05) is 25.9 Å². The van der Waals surface area contributed by atoms with Crippen LogP contribution in [0, 0.1) is 35.5 Å². The highest BCUT2D eigenvalue weighted by molar-refractivity contribution is 5.78. The summed E-state index contributed by atoms with van der Waals surface area (Å²) in [4.78, 5) is 23.1. The molecule has 4 nitrogen and oxygen atoms in total. The number of hydrogen-bond donors (Lipinski definition) is 2. The standard InChI is InChI=1S/2C15H27NO/c2*1-16-15(17)14-9-7-13(8-10-14)11-12-5-3-2-4-6-12/h2*12-14H,2-11H2,1H3,(H,16,17). The van der Waals surface area contributed by atoms with E-state index in [9.17, 15) is 9.59 Å². The summed E-state index contributed by atoms with van der Waals surface area (Å²) in [7, 11) is 3.52. The molecule has 4 rings (SSSR count). The Kier molecular flexibility index (Phi) is 12.3. The maximum absolute atomic E-state index is 11.6. The van der Waals surface area contributed by atoms with Crippen LogP contribution in [0.5, 0.6) is 0 Å². The van der Waals surface area contributed by atoms with Gasteiger partial charge in [-0.25, -0.2) is 0 Å². The van der Waals surface area contributed by atoms with Gasteiger partial charge >= 0.3 is 0 Å². The molecule has 0 aliphatic heterocycles. The number of amides is 2. The average Bonchev–Trinajstić information content (AvgIpc) is 2.90. The largest absolute Gasteiger partial charge is 0.359 e. The fourth-order valence-corrected chi connectivity index (χ4v) is 7.52. The summed E-state index contributed by atoms with van der Waals surface area (Å²) in [5.41, 5.74) is 0. The number of carbonyl (C=O) groups is 2. The van der Waals surface area contributed by atoms with Gasteiger partial charge < -0.3 is 10.6 Å². The summed E-state index contributed by atoms with van der Waals surface area (Å²) < 4.78 is 0. The predicted molar refractivity (Wildman–Crippen MR) is 141 cm³/mol. The Hall–Kier alpha value is -1.06. The third kappa shape index (κ3) is 9.19. The van der Waals surface area contributed by atoms with E-state index in [0.717, 1.165) is 49.4 Å². The number of nitrogens with one attached hydrogen (secondary N) is 2. The molecule has 196 valence electrons. The van der Waals surface area contributed by atoms with E-state index in [2.05, 4.69) is 10.6 Å². The van der Waals surface area contributed by atoms with E-state index in [-0.39, 0.29) is 11.8 Å².